The standard InChI is InChI=1S/C5H6N6/c1-10-5(2-7-9-10)11-4-6-3-8-11/h2-4H,1H3. The Hall–Kier alpha value is -1.72. The number of aromatic nitrogens is 6. The van der Waals surface area contributed by atoms with E-state index in [1.807, 2.05) is 0 Å². The van der Waals surface area contributed by atoms with Gasteiger partial charge in [0.05, 0.1) is 6.20 Å². The Kier molecular flexibility index (Phi) is 1.18. The molecule has 0 aliphatic heterocycles. The van der Waals surface area contributed by atoms with Gasteiger partial charge in [-0.05, 0) is 0 Å². The van der Waals surface area contributed by atoms with Crippen LogP contribution in [0.15, 0.2) is 18.9 Å². The molecule has 0 fully saturated rings. The van der Waals surface area contributed by atoms with Crippen LogP contribution in [0.2, 0.25) is 0 Å². The largest absolute Gasteiger partial charge is 0.231 e. The molecule has 0 saturated heterocycles. The Bertz CT molecular complexity index is 333. The van der Waals surface area contributed by atoms with Crippen LogP contribution in [0.5, 0.6) is 0 Å². The predicted molar refractivity (Wildman–Crippen MR) is 35.9 cm³/mol. The second-order valence-electron chi connectivity index (χ2n) is 2.06. The number of aryl methyl sites for hydroxylation is 1. The second-order valence-corrected chi connectivity index (χ2v) is 2.06. The molecule has 0 saturated carbocycles. The minimum atomic E-state index is 0.794. The smallest absolute Gasteiger partial charge is 0.173 e. The van der Waals surface area contributed by atoms with Gasteiger partial charge in [0, 0.05) is 7.05 Å². The molecule has 0 amide bonds. The van der Waals surface area contributed by atoms with Gasteiger partial charge in [-0.3, -0.25) is 0 Å². The van der Waals surface area contributed by atoms with Gasteiger partial charge < -0.3 is 0 Å². The second kappa shape index (κ2) is 2.15. The molecule has 0 radical (unpaired) electrons. The summed E-state index contributed by atoms with van der Waals surface area (Å²) < 4.78 is 3.22. The third-order valence-corrected chi connectivity index (χ3v) is 1.34. The maximum atomic E-state index is 3.92. The van der Waals surface area contributed by atoms with Gasteiger partial charge in [-0.1, -0.05) is 5.21 Å². The average molecular weight is 150 g/mol. The third-order valence-electron chi connectivity index (χ3n) is 1.34. The zero-order valence-electron chi connectivity index (χ0n) is 5.92. The van der Waals surface area contributed by atoms with Crippen molar-refractivity contribution < 1.29 is 0 Å². The highest BCUT2D eigenvalue weighted by molar-refractivity contribution is 5.12. The topological polar surface area (TPSA) is 61.4 Å². The van der Waals surface area contributed by atoms with E-state index in [1.165, 1.54) is 6.33 Å². The van der Waals surface area contributed by atoms with Gasteiger partial charge >= 0.3 is 0 Å². The first kappa shape index (κ1) is 6.02. The van der Waals surface area contributed by atoms with E-state index in [0.717, 1.165) is 5.82 Å². The fraction of sp³-hybridized carbons (Fsp3) is 0.200. The minimum Gasteiger partial charge on any atom is -0.231 e. The van der Waals surface area contributed by atoms with Gasteiger partial charge in [0.25, 0.3) is 0 Å². The van der Waals surface area contributed by atoms with Crippen LogP contribution in [-0.2, 0) is 7.05 Å². The van der Waals surface area contributed by atoms with Crippen molar-refractivity contribution in [1.29, 1.82) is 0 Å². The Morgan fingerprint density at radius 2 is 2.36 bits per heavy atom. The predicted octanol–water partition coefficient (Wildman–Crippen LogP) is -0.604. The monoisotopic (exact) mass is 150 g/mol. The average Bonchev–Trinajstić information content (AvgIpc) is 2.55. The lowest BCUT2D eigenvalue weighted by molar-refractivity contribution is 0.671. The van der Waals surface area contributed by atoms with Crippen molar-refractivity contribution in [2.45, 2.75) is 0 Å². The first-order chi connectivity index (χ1) is 5.38. The van der Waals surface area contributed by atoms with Crippen molar-refractivity contribution in [2.24, 2.45) is 7.05 Å². The summed E-state index contributed by atoms with van der Waals surface area (Å²) in [6.45, 7) is 0. The first-order valence-corrected chi connectivity index (χ1v) is 3.07. The van der Waals surface area contributed by atoms with Crippen LogP contribution in [-0.4, -0.2) is 29.8 Å². The number of rotatable bonds is 1. The van der Waals surface area contributed by atoms with E-state index in [4.69, 9.17) is 0 Å². The van der Waals surface area contributed by atoms with E-state index in [2.05, 4.69) is 20.4 Å². The fourth-order valence-electron chi connectivity index (χ4n) is 0.818. The molecule has 6 nitrogen and oxygen atoms in total. The molecule has 0 aromatic carbocycles. The highest BCUT2D eigenvalue weighted by Gasteiger charge is 2.00. The molecule has 0 N–H and O–H groups in total. The van der Waals surface area contributed by atoms with Crippen LogP contribution in [0.4, 0.5) is 0 Å². The van der Waals surface area contributed by atoms with Crippen LogP contribution >= 0.6 is 0 Å². The minimum absolute atomic E-state index is 0.794. The van der Waals surface area contributed by atoms with Crippen LogP contribution < -0.4 is 0 Å². The summed E-state index contributed by atoms with van der Waals surface area (Å²) in [6.07, 6.45) is 4.68. The zero-order valence-corrected chi connectivity index (χ0v) is 5.92. The third kappa shape index (κ3) is 0.878. The van der Waals surface area contributed by atoms with Gasteiger partial charge in [0.2, 0.25) is 0 Å². The summed E-state index contributed by atoms with van der Waals surface area (Å²) in [5.74, 6) is 0.794. The molecule has 0 aliphatic rings. The van der Waals surface area contributed by atoms with Crippen molar-refractivity contribution >= 4 is 0 Å². The molecule has 0 spiro atoms. The molecule has 2 heterocycles. The summed E-state index contributed by atoms with van der Waals surface area (Å²) in [7, 11) is 1.80. The molecule has 2 aromatic rings. The summed E-state index contributed by atoms with van der Waals surface area (Å²) in [5.41, 5.74) is 0. The van der Waals surface area contributed by atoms with Crippen molar-refractivity contribution in [2.75, 3.05) is 0 Å². The zero-order chi connectivity index (χ0) is 7.68. The van der Waals surface area contributed by atoms with Crippen molar-refractivity contribution in [3.05, 3.63) is 18.9 Å². The van der Waals surface area contributed by atoms with E-state index in [1.54, 1.807) is 28.9 Å². The van der Waals surface area contributed by atoms with Gasteiger partial charge in [-0.15, -0.1) is 5.10 Å². The van der Waals surface area contributed by atoms with Gasteiger partial charge in [0.15, 0.2) is 5.82 Å². The molecule has 6 heteroatoms. The Morgan fingerprint density at radius 3 is 2.91 bits per heavy atom. The number of hydrogen-bond donors (Lipinski definition) is 0. The maximum absolute atomic E-state index is 3.92. The lowest BCUT2D eigenvalue weighted by Crippen LogP contribution is -2.02. The summed E-state index contributed by atoms with van der Waals surface area (Å²) >= 11 is 0. The lowest BCUT2D eigenvalue weighted by Gasteiger charge is -1.95. The van der Waals surface area contributed by atoms with Gasteiger partial charge in [0.1, 0.15) is 12.7 Å². The molecule has 2 rings (SSSR count). The molecule has 0 atom stereocenters. The molecule has 11 heavy (non-hydrogen) atoms. The Balaban J connectivity index is 2.53. The first-order valence-electron chi connectivity index (χ1n) is 3.07. The van der Waals surface area contributed by atoms with Crippen molar-refractivity contribution in [3.8, 4) is 5.82 Å². The quantitative estimate of drug-likeness (QED) is 0.544. The molecular weight excluding hydrogens is 144 g/mol. The normalized spacial score (nSPS) is 10.3. The molecule has 0 bridgehead atoms. The Labute approximate surface area is 62.5 Å². The molecule has 2 aromatic heterocycles. The molecule has 0 aliphatic carbocycles. The highest BCUT2D eigenvalue weighted by Crippen LogP contribution is 1.97. The fourth-order valence-corrected chi connectivity index (χ4v) is 0.818. The molecule has 56 valence electrons. The van der Waals surface area contributed by atoms with Gasteiger partial charge in [-0.25, -0.2) is 14.3 Å². The molecular formula is C5H6N6. The van der Waals surface area contributed by atoms with E-state index >= 15 is 0 Å². The van der Waals surface area contributed by atoms with Crippen LogP contribution in [0.3, 0.4) is 0 Å². The van der Waals surface area contributed by atoms with Gasteiger partial charge in [-0.2, -0.15) is 5.10 Å². The summed E-state index contributed by atoms with van der Waals surface area (Å²) in [6, 6.07) is 0. The van der Waals surface area contributed by atoms with Crippen LogP contribution in [0.25, 0.3) is 5.82 Å². The summed E-state index contributed by atoms with van der Waals surface area (Å²) in [5, 5.41) is 11.4. The van der Waals surface area contributed by atoms with Crippen LogP contribution in [0, 0.1) is 0 Å². The van der Waals surface area contributed by atoms with E-state index in [-0.39, 0.29) is 0 Å². The number of hydrogen-bond acceptors (Lipinski definition) is 4. The molecule has 0 unspecified atom stereocenters. The summed E-state index contributed by atoms with van der Waals surface area (Å²) in [4.78, 5) is 3.80. The van der Waals surface area contributed by atoms with Crippen molar-refractivity contribution in [3.63, 3.8) is 0 Å². The number of nitrogens with zero attached hydrogens (tertiary/aromatic N) is 6. The van der Waals surface area contributed by atoms with Crippen molar-refractivity contribution in [1.82, 2.24) is 29.8 Å². The maximum Gasteiger partial charge on any atom is 0.173 e. The van der Waals surface area contributed by atoms with E-state index in [0.29, 0.717) is 0 Å². The SMILES string of the molecule is Cn1nncc1-n1cncn1. The van der Waals surface area contributed by atoms with Crippen LogP contribution in [0.1, 0.15) is 0 Å². The van der Waals surface area contributed by atoms with E-state index in [9.17, 15) is 0 Å². The van der Waals surface area contributed by atoms with E-state index < -0.39 is 0 Å². The highest BCUT2D eigenvalue weighted by atomic mass is 15.5. The Morgan fingerprint density at radius 1 is 1.45 bits per heavy atom. The lowest BCUT2D eigenvalue weighted by atomic mass is 10.7.